The van der Waals surface area contributed by atoms with Crippen LogP contribution in [0, 0.1) is 10.1 Å². The SMILES string of the molecule is CCCCCCCCn1c(=O)c(OCCCC)c(OCCCCCC)c2ccc([N+](=O)[O-])cc21. The van der Waals surface area contributed by atoms with Crippen LogP contribution >= 0.6 is 0 Å². The van der Waals surface area contributed by atoms with E-state index in [0.717, 1.165) is 57.8 Å². The Hall–Kier alpha value is -2.57. The minimum Gasteiger partial charge on any atom is -0.489 e. The molecule has 0 radical (unpaired) electrons. The highest BCUT2D eigenvalue weighted by Crippen LogP contribution is 2.35. The number of non-ortho nitro benzene ring substituents is 1. The minimum atomic E-state index is -0.421. The summed E-state index contributed by atoms with van der Waals surface area (Å²) in [5.74, 6) is 0.651. The first-order valence-corrected chi connectivity index (χ1v) is 13.2. The third kappa shape index (κ3) is 8.03. The second kappa shape index (κ2) is 15.4. The summed E-state index contributed by atoms with van der Waals surface area (Å²) in [7, 11) is 0. The lowest BCUT2D eigenvalue weighted by Crippen LogP contribution is -2.24. The number of nitro groups is 1. The van der Waals surface area contributed by atoms with Gasteiger partial charge in [-0.15, -0.1) is 0 Å². The fourth-order valence-corrected chi connectivity index (χ4v) is 4.06. The Morgan fingerprint density at radius 3 is 2.06 bits per heavy atom. The van der Waals surface area contributed by atoms with Crippen LogP contribution < -0.4 is 15.0 Å². The highest BCUT2D eigenvalue weighted by molar-refractivity contribution is 5.89. The van der Waals surface area contributed by atoms with Gasteiger partial charge in [-0.05, 0) is 25.3 Å². The quantitative estimate of drug-likeness (QED) is 0.128. The van der Waals surface area contributed by atoms with Gasteiger partial charge in [0.2, 0.25) is 5.75 Å². The van der Waals surface area contributed by atoms with Crippen molar-refractivity contribution >= 4 is 16.6 Å². The van der Waals surface area contributed by atoms with Gasteiger partial charge in [0.05, 0.1) is 23.7 Å². The number of hydrogen-bond donors (Lipinski definition) is 0. The fraction of sp³-hybridized carbons (Fsp3) is 0.667. The zero-order chi connectivity index (χ0) is 24.8. The lowest BCUT2D eigenvalue weighted by Gasteiger charge is -2.19. The number of pyridine rings is 1. The maximum absolute atomic E-state index is 13.6. The van der Waals surface area contributed by atoms with E-state index in [4.69, 9.17) is 9.47 Å². The molecule has 0 aliphatic carbocycles. The van der Waals surface area contributed by atoms with E-state index in [1.807, 2.05) is 0 Å². The molecule has 0 saturated carbocycles. The molecule has 7 heteroatoms. The number of aromatic nitrogens is 1. The first-order chi connectivity index (χ1) is 16.5. The highest BCUT2D eigenvalue weighted by atomic mass is 16.6. The Balaban J connectivity index is 2.44. The Bertz CT molecular complexity index is 954. The number of unbranched alkanes of at least 4 members (excludes halogenated alkanes) is 9. The van der Waals surface area contributed by atoms with Crippen molar-refractivity contribution < 1.29 is 14.4 Å². The number of nitrogens with zero attached hydrogens (tertiary/aromatic N) is 2. The van der Waals surface area contributed by atoms with Crippen molar-refractivity contribution in [1.29, 1.82) is 0 Å². The first kappa shape index (κ1) is 27.7. The average molecular weight is 475 g/mol. The van der Waals surface area contributed by atoms with E-state index in [1.165, 1.54) is 31.4 Å². The van der Waals surface area contributed by atoms with Gasteiger partial charge in [-0.2, -0.15) is 0 Å². The summed E-state index contributed by atoms with van der Waals surface area (Å²) in [6.45, 7) is 7.84. The summed E-state index contributed by atoms with van der Waals surface area (Å²) in [5.41, 5.74) is 0.248. The van der Waals surface area contributed by atoms with Gasteiger partial charge < -0.3 is 14.0 Å². The third-order valence-corrected chi connectivity index (χ3v) is 6.10. The van der Waals surface area contributed by atoms with E-state index in [2.05, 4.69) is 20.8 Å². The molecule has 0 atom stereocenters. The van der Waals surface area contributed by atoms with Gasteiger partial charge in [0.15, 0.2) is 5.75 Å². The lowest BCUT2D eigenvalue weighted by molar-refractivity contribution is -0.384. The molecule has 1 aromatic heterocycles. The van der Waals surface area contributed by atoms with Gasteiger partial charge in [-0.25, -0.2) is 0 Å². The van der Waals surface area contributed by atoms with E-state index >= 15 is 0 Å². The van der Waals surface area contributed by atoms with E-state index in [0.29, 0.717) is 36.4 Å². The van der Waals surface area contributed by atoms with E-state index in [9.17, 15) is 14.9 Å². The van der Waals surface area contributed by atoms with Crippen molar-refractivity contribution in [3.05, 3.63) is 38.7 Å². The Morgan fingerprint density at radius 1 is 0.794 bits per heavy atom. The molecule has 2 rings (SSSR count). The Kier molecular flexibility index (Phi) is 12.5. The van der Waals surface area contributed by atoms with E-state index < -0.39 is 4.92 Å². The molecule has 7 nitrogen and oxygen atoms in total. The smallest absolute Gasteiger partial charge is 0.297 e. The van der Waals surface area contributed by atoms with Gasteiger partial charge in [-0.3, -0.25) is 14.9 Å². The fourth-order valence-electron chi connectivity index (χ4n) is 4.06. The Labute approximate surface area is 203 Å². The molecule has 0 spiro atoms. The normalized spacial score (nSPS) is 11.1. The van der Waals surface area contributed by atoms with E-state index in [-0.39, 0.29) is 17.0 Å². The molecule has 0 aliphatic rings. The van der Waals surface area contributed by atoms with E-state index in [1.54, 1.807) is 10.6 Å². The van der Waals surface area contributed by atoms with Crippen LogP contribution in [0.25, 0.3) is 10.9 Å². The summed E-state index contributed by atoms with van der Waals surface area (Å²) < 4.78 is 13.8. The standard InChI is InChI=1S/C27H42N2O5/c1-4-7-10-12-13-14-18-28-24-21-22(29(31)32)16-17-23(24)25(33-20-15-11-8-5-2)26(27(28)30)34-19-9-6-3/h16-17,21H,4-15,18-20H2,1-3H3. The van der Waals surface area contributed by atoms with Crippen LogP contribution in [0.4, 0.5) is 5.69 Å². The van der Waals surface area contributed by atoms with Crippen LogP contribution in [0.15, 0.2) is 23.0 Å². The molecule has 0 fully saturated rings. The Morgan fingerprint density at radius 2 is 1.38 bits per heavy atom. The molecule has 0 N–H and O–H groups in total. The van der Waals surface area contributed by atoms with Crippen LogP contribution in [0.2, 0.25) is 0 Å². The maximum atomic E-state index is 13.6. The summed E-state index contributed by atoms with van der Waals surface area (Å²) in [6.07, 6.45) is 12.6. The van der Waals surface area contributed by atoms with Crippen molar-refractivity contribution in [2.45, 2.75) is 104 Å². The number of hydrogen-bond acceptors (Lipinski definition) is 5. The maximum Gasteiger partial charge on any atom is 0.297 e. The van der Waals surface area contributed by atoms with Gasteiger partial charge in [-0.1, -0.05) is 78.6 Å². The molecular weight excluding hydrogens is 432 g/mol. The molecule has 0 bridgehead atoms. The monoisotopic (exact) mass is 474 g/mol. The molecule has 0 amide bonds. The zero-order valence-electron chi connectivity index (χ0n) is 21.3. The van der Waals surface area contributed by atoms with Gasteiger partial charge in [0.1, 0.15) is 0 Å². The number of aryl methyl sites for hydroxylation is 1. The first-order valence-electron chi connectivity index (χ1n) is 13.2. The van der Waals surface area contributed by atoms with Gasteiger partial charge in [0, 0.05) is 24.1 Å². The zero-order valence-corrected chi connectivity index (χ0v) is 21.3. The summed E-state index contributed by atoms with van der Waals surface area (Å²) >= 11 is 0. The number of benzene rings is 1. The van der Waals surface area contributed by atoms with Crippen molar-refractivity contribution in [3.63, 3.8) is 0 Å². The van der Waals surface area contributed by atoms with Crippen molar-refractivity contribution in [1.82, 2.24) is 4.57 Å². The molecule has 0 aliphatic heterocycles. The van der Waals surface area contributed by atoms with Crippen molar-refractivity contribution in [3.8, 4) is 11.5 Å². The second-order valence-corrected chi connectivity index (χ2v) is 8.95. The topological polar surface area (TPSA) is 83.6 Å². The van der Waals surface area contributed by atoms with Crippen LogP contribution in [0.3, 0.4) is 0 Å². The van der Waals surface area contributed by atoms with Gasteiger partial charge >= 0.3 is 0 Å². The predicted molar refractivity (Wildman–Crippen MR) is 138 cm³/mol. The third-order valence-electron chi connectivity index (χ3n) is 6.10. The number of ether oxygens (including phenoxy) is 2. The minimum absolute atomic E-state index is 0.0304. The number of fused-ring (bicyclic) bond motifs is 1. The van der Waals surface area contributed by atoms with Crippen LogP contribution in [0.1, 0.15) is 97.8 Å². The van der Waals surface area contributed by atoms with Crippen LogP contribution in [0.5, 0.6) is 11.5 Å². The van der Waals surface area contributed by atoms with Crippen LogP contribution in [-0.2, 0) is 6.54 Å². The summed E-state index contributed by atoms with van der Waals surface area (Å²) in [6, 6.07) is 4.66. The molecule has 0 unspecified atom stereocenters. The second-order valence-electron chi connectivity index (χ2n) is 8.95. The summed E-state index contributed by atoms with van der Waals surface area (Å²) in [5, 5.41) is 12.2. The molecule has 190 valence electrons. The number of rotatable bonds is 18. The largest absolute Gasteiger partial charge is 0.489 e. The molecule has 1 heterocycles. The molecular formula is C27H42N2O5. The average Bonchev–Trinajstić information content (AvgIpc) is 2.83. The number of nitro benzene ring substituents is 1. The summed E-state index contributed by atoms with van der Waals surface area (Å²) in [4.78, 5) is 24.6. The molecule has 0 saturated heterocycles. The predicted octanol–water partition coefficient (Wildman–Crippen LogP) is 7.41. The van der Waals surface area contributed by atoms with Crippen LogP contribution in [-0.4, -0.2) is 22.7 Å². The van der Waals surface area contributed by atoms with Gasteiger partial charge in [0.25, 0.3) is 11.2 Å². The molecule has 2 aromatic rings. The molecule has 34 heavy (non-hydrogen) atoms. The van der Waals surface area contributed by atoms with Crippen molar-refractivity contribution in [2.24, 2.45) is 0 Å². The highest BCUT2D eigenvalue weighted by Gasteiger charge is 2.21. The lowest BCUT2D eigenvalue weighted by atomic mass is 10.1. The molecule has 1 aromatic carbocycles. The van der Waals surface area contributed by atoms with Crippen molar-refractivity contribution in [2.75, 3.05) is 13.2 Å².